The van der Waals surface area contributed by atoms with Gasteiger partial charge in [0, 0.05) is 32.0 Å². The van der Waals surface area contributed by atoms with Crippen LogP contribution in [-0.4, -0.2) is 52.9 Å². The minimum absolute atomic E-state index is 0.00803. The third-order valence-electron chi connectivity index (χ3n) is 5.94. The Morgan fingerprint density at radius 1 is 1.13 bits per heavy atom. The zero-order valence-electron chi connectivity index (χ0n) is 16.9. The van der Waals surface area contributed by atoms with Crippen molar-refractivity contribution in [2.45, 2.75) is 25.7 Å². The predicted octanol–water partition coefficient (Wildman–Crippen LogP) is 2.40. The molecule has 0 unspecified atom stereocenters. The molecule has 4 rings (SSSR count). The third kappa shape index (κ3) is 4.67. The van der Waals surface area contributed by atoms with Crippen molar-refractivity contribution in [1.29, 1.82) is 0 Å². The van der Waals surface area contributed by atoms with Crippen molar-refractivity contribution in [3.05, 3.63) is 66.3 Å². The smallest absolute Gasteiger partial charge is 0.274 e. The molecule has 7 nitrogen and oxygen atoms in total. The fourth-order valence-corrected chi connectivity index (χ4v) is 4.05. The Bertz CT molecular complexity index is 921. The topological polar surface area (TPSA) is 84.4 Å². The highest BCUT2D eigenvalue weighted by Crippen LogP contribution is 2.35. The molecule has 1 saturated heterocycles. The second kappa shape index (κ2) is 9.07. The van der Waals surface area contributed by atoms with E-state index in [2.05, 4.69) is 27.4 Å². The van der Waals surface area contributed by atoms with E-state index in [0.29, 0.717) is 25.3 Å². The highest BCUT2D eigenvalue weighted by atomic mass is 16.5. The summed E-state index contributed by atoms with van der Waals surface area (Å²) in [6, 6.07) is 7.81. The fraction of sp³-hybridized carbons (Fsp3) is 0.391. The molecule has 1 N–H and O–H groups in total. The van der Waals surface area contributed by atoms with Crippen LogP contribution in [0.5, 0.6) is 5.75 Å². The molecule has 30 heavy (non-hydrogen) atoms. The second-order valence-electron chi connectivity index (χ2n) is 7.94. The molecule has 1 aromatic heterocycles. The molecule has 2 aromatic rings. The summed E-state index contributed by atoms with van der Waals surface area (Å²) in [6.45, 7) is 1.86. The zero-order chi connectivity index (χ0) is 20.8. The van der Waals surface area contributed by atoms with Crippen LogP contribution >= 0.6 is 0 Å². The molecule has 2 aliphatic heterocycles. The second-order valence-corrected chi connectivity index (χ2v) is 7.94. The van der Waals surface area contributed by atoms with Gasteiger partial charge in [0.1, 0.15) is 11.4 Å². The number of ether oxygens (including phenoxy) is 1. The standard InChI is InChI=1S/C23H26N4O3/c28-21-16-30-20-7-2-1-5-18(20)6-3-4-8-23(17-26-21)9-13-27(14-10-23)22(29)19-15-24-11-12-25-19/h1-5,7,11-12,15H,6,8-10,13-14,16-17H2,(H,26,28)/b4-3+. The van der Waals surface area contributed by atoms with Crippen LogP contribution < -0.4 is 10.1 Å². The van der Waals surface area contributed by atoms with Gasteiger partial charge in [-0.05, 0) is 42.7 Å². The molecule has 1 aromatic carbocycles. The summed E-state index contributed by atoms with van der Waals surface area (Å²) in [5, 5.41) is 3.04. The van der Waals surface area contributed by atoms with E-state index in [-0.39, 0.29) is 23.8 Å². The van der Waals surface area contributed by atoms with Crippen molar-refractivity contribution in [2.75, 3.05) is 26.2 Å². The number of allylic oxidation sites excluding steroid dienone is 2. The first kappa shape index (κ1) is 20.1. The fourth-order valence-electron chi connectivity index (χ4n) is 4.05. The van der Waals surface area contributed by atoms with Crippen LogP contribution in [0.3, 0.4) is 0 Å². The SMILES string of the molecule is O=C1COc2ccccc2C/C=C/CC2(CCN(C(=O)c3cnccn3)CC2)CN1. The number of likely N-dealkylation sites (tertiary alicyclic amines) is 1. The molecular weight excluding hydrogens is 380 g/mol. The number of para-hydroxylation sites is 1. The van der Waals surface area contributed by atoms with E-state index >= 15 is 0 Å². The largest absolute Gasteiger partial charge is 0.483 e. The van der Waals surface area contributed by atoms with Crippen molar-refractivity contribution in [2.24, 2.45) is 5.41 Å². The summed E-state index contributed by atoms with van der Waals surface area (Å²) in [6.07, 6.45) is 12.2. The number of rotatable bonds is 1. The van der Waals surface area contributed by atoms with Crippen LogP contribution in [0.2, 0.25) is 0 Å². The molecule has 1 fully saturated rings. The lowest BCUT2D eigenvalue weighted by Gasteiger charge is -2.41. The molecule has 0 radical (unpaired) electrons. The van der Waals surface area contributed by atoms with E-state index in [0.717, 1.165) is 37.0 Å². The van der Waals surface area contributed by atoms with Gasteiger partial charge in [-0.15, -0.1) is 0 Å². The van der Waals surface area contributed by atoms with Crippen molar-refractivity contribution >= 4 is 11.8 Å². The van der Waals surface area contributed by atoms with Gasteiger partial charge in [0.25, 0.3) is 11.8 Å². The summed E-state index contributed by atoms with van der Waals surface area (Å²) in [5.74, 6) is 0.547. The Morgan fingerprint density at radius 2 is 1.97 bits per heavy atom. The minimum Gasteiger partial charge on any atom is -0.483 e. The molecule has 156 valence electrons. The molecule has 2 aliphatic rings. The van der Waals surface area contributed by atoms with Crippen LogP contribution in [0.25, 0.3) is 0 Å². The number of piperidine rings is 1. The number of carbonyl (C=O) groups excluding carboxylic acids is 2. The first-order valence-electron chi connectivity index (χ1n) is 10.3. The maximum atomic E-state index is 12.7. The molecule has 0 bridgehead atoms. The lowest BCUT2D eigenvalue weighted by Crippen LogP contribution is -2.48. The average molecular weight is 406 g/mol. The summed E-state index contributed by atoms with van der Waals surface area (Å²) in [7, 11) is 0. The number of carbonyl (C=O) groups is 2. The van der Waals surface area contributed by atoms with Crippen molar-refractivity contribution < 1.29 is 14.3 Å². The number of amides is 2. The van der Waals surface area contributed by atoms with Gasteiger partial charge in [0.05, 0.1) is 6.20 Å². The van der Waals surface area contributed by atoms with Crippen LogP contribution in [-0.2, 0) is 11.2 Å². The van der Waals surface area contributed by atoms with E-state index < -0.39 is 0 Å². The van der Waals surface area contributed by atoms with E-state index in [1.807, 2.05) is 29.2 Å². The van der Waals surface area contributed by atoms with E-state index in [1.165, 1.54) is 12.4 Å². The Hall–Kier alpha value is -3.22. The van der Waals surface area contributed by atoms with Gasteiger partial charge in [-0.1, -0.05) is 30.4 Å². The molecule has 0 aliphatic carbocycles. The number of nitrogens with zero attached hydrogens (tertiary/aromatic N) is 3. The Kier molecular flexibility index (Phi) is 6.07. The Labute approximate surface area is 176 Å². The lowest BCUT2D eigenvalue weighted by molar-refractivity contribution is -0.123. The average Bonchev–Trinajstić information content (AvgIpc) is 2.80. The van der Waals surface area contributed by atoms with Gasteiger partial charge >= 0.3 is 0 Å². The van der Waals surface area contributed by atoms with Crippen LogP contribution in [0.4, 0.5) is 0 Å². The highest BCUT2D eigenvalue weighted by molar-refractivity contribution is 5.92. The summed E-state index contributed by atoms with van der Waals surface area (Å²) >= 11 is 0. The number of hydrogen-bond acceptors (Lipinski definition) is 5. The van der Waals surface area contributed by atoms with Crippen molar-refractivity contribution in [1.82, 2.24) is 20.2 Å². The number of aromatic nitrogens is 2. The first-order chi connectivity index (χ1) is 14.7. The maximum Gasteiger partial charge on any atom is 0.274 e. The van der Waals surface area contributed by atoms with E-state index in [4.69, 9.17) is 4.74 Å². The molecule has 1 spiro atoms. The van der Waals surface area contributed by atoms with Crippen molar-refractivity contribution in [3.8, 4) is 5.75 Å². The van der Waals surface area contributed by atoms with Crippen molar-refractivity contribution in [3.63, 3.8) is 0 Å². The zero-order valence-corrected chi connectivity index (χ0v) is 16.9. The third-order valence-corrected chi connectivity index (χ3v) is 5.94. The van der Waals surface area contributed by atoms with Gasteiger partial charge in [-0.2, -0.15) is 0 Å². The summed E-state index contributed by atoms with van der Waals surface area (Å²) in [4.78, 5) is 35.0. The quantitative estimate of drug-likeness (QED) is 0.735. The molecular formula is C23H26N4O3. The molecule has 2 amide bonds. The minimum atomic E-state index is -0.119. The predicted molar refractivity (Wildman–Crippen MR) is 112 cm³/mol. The van der Waals surface area contributed by atoms with Crippen LogP contribution in [0.15, 0.2) is 55.0 Å². The molecule has 0 saturated carbocycles. The summed E-state index contributed by atoms with van der Waals surface area (Å²) < 4.78 is 5.73. The summed E-state index contributed by atoms with van der Waals surface area (Å²) in [5.41, 5.74) is 1.38. The monoisotopic (exact) mass is 406 g/mol. The van der Waals surface area contributed by atoms with Crippen LogP contribution in [0, 0.1) is 5.41 Å². The molecule has 0 atom stereocenters. The number of fused-ring (bicyclic) bond motifs is 1. The van der Waals surface area contributed by atoms with Crippen LogP contribution in [0.1, 0.15) is 35.3 Å². The highest BCUT2D eigenvalue weighted by Gasteiger charge is 2.36. The van der Waals surface area contributed by atoms with Gasteiger partial charge in [0.2, 0.25) is 0 Å². The van der Waals surface area contributed by atoms with Gasteiger partial charge in [-0.3, -0.25) is 14.6 Å². The number of hydrogen-bond donors (Lipinski definition) is 1. The van der Waals surface area contributed by atoms with E-state index in [9.17, 15) is 9.59 Å². The number of benzene rings is 1. The van der Waals surface area contributed by atoms with Gasteiger partial charge in [0.15, 0.2) is 6.61 Å². The Morgan fingerprint density at radius 3 is 2.77 bits per heavy atom. The molecule has 7 heteroatoms. The lowest BCUT2D eigenvalue weighted by atomic mass is 9.75. The molecule has 3 heterocycles. The number of nitrogens with one attached hydrogen (secondary N) is 1. The Balaban J connectivity index is 1.45. The van der Waals surface area contributed by atoms with Gasteiger partial charge < -0.3 is 15.0 Å². The van der Waals surface area contributed by atoms with Gasteiger partial charge in [-0.25, -0.2) is 4.98 Å². The normalized spacial score (nSPS) is 20.1. The van der Waals surface area contributed by atoms with E-state index in [1.54, 1.807) is 6.20 Å². The first-order valence-corrected chi connectivity index (χ1v) is 10.3. The maximum absolute atomic E-state index is 12.7.